The number of amides is 1. The summed E-state index contributed by atoms with van der Waals surface area (Å²) in [5, 5.41) is 1.83. The highest BCUT2D eigenvalue weighted by Crippen LogP contribution is 2.55. The molecule has 2 aromatic rings. The topological polar surface area (TPSA) is 54.7 Å². The summed E-state index contributed by atoms with van der Waals surface area (Å²) in [4.78, 5) is 32.9. The molecule has 0 aromatic carbocycles. The van der Waals surface area contributed by atoms with Crippen LogP contribution in [0.3, 0.4) is 0 Å². The third-order valence-corrected chi connectivity index (χ3v) is 7.48. The number of hydrogen-bond acceptors (Lipinski definition) is 4. The number of rotatable bonds is 3. The van der Waals surface area contributed by atoms with Gasteiger partial charge in [0.05, 0.1) is 0 Å². The van der Waals surface area contributed by atoms with Gasteiger partial charge in [0.25, 0.3) is 11.5 Å². The zero-order valence-electron chi connectivity index (χ0n) is 14.4. The Morgan fingerprint density at radius 2 is 1.92 bits per heavy atom. The molecule has 0 atom stereocenters. The molecular formula is C19H23N3O2S. The van der Waals surface area contributed by atoms with E-state index in [1.165, 1.54) is 54.0 Å². The first-order valence-corrected chi connectivity index (χ1v) is 10.3. The number of hydrogen-bond donors (Lipinski definition) is 0. The van der Waals surface area contributed by atoms with E-state index >= 15 is 0 Å². The maximum absolute atomic E-state index is 13.3. The van der Waals surface area contributed by atoms with Gasteiger partial charge in [-0.25, -0.2) is 4.98 Å². The van der Waals surface area contributed by atoms with E-state index in [0.717, 1.165) is 11.8 Å². The largest absolute Gasteiger partial charge is 0.335 e. The number of carbonyl (C=O) groups is 1. The monoisotopic (exact) mass is 357 g/mol. The minimum Gasteiger partial charge on any atom is -0.335 e. The van der Waals surface area contributed by atoms with Gasteiger partial charge < -0.3 is 4.90 Å². The van der Waals surface area contributed by atoms with E-state index in [0.29, 0.717) is 29.4 Å². The van der Waals surface area contributed by atoms with Crippen LogP contribution >= 0.6 is 11.3 Å². The molecular weight excluding hydrogens is 334 g/mol. The Labute approximate surface area is 150 Å². The van der Waals surface area contributed by atoms with E-state index in [2.05, 4.69) is 4.98 Å². The Morgan fingerprint density at radius 1 is 1.24 bits per heavy atom. The van der Waals surface area contributed by atoms with Crippen LogP contribution in [0, 0.1) is 23.7 Å². The van der Waals surface area contributed by atoms with Crippen molar-refractivity contribution in [2.24, 2.45) is 23.7 Å². The fraction of sp³-hybridized carbons (Fsp3) is 0.632. The van der Waals surface area contributed by atoms with Gasteiger partial charge in [0, 0.05) is 30.4 Å². The number of fused-ring (bicyclic) bond motifs is 1. The molecule has 5 nitrogen and oxygen atoms in total. The zero-order valence-corrected chi connectivity index (χ0v) is 15.2. The molecule has 6 rings (SSSR count). The van der Waals surface area contributed by atoms with Crippen molar-refractivity contribution in [1.29, 1.82) is 0 Å². The Kier molecular flexibility index (Phi) is 3.52. The molecule has 0 unspecified atom stereocenters. The molecule has 0 N–H and O–H groups in total. The number of thiazole rings is 1. The van der Waals surface area contributed by atoms with Crippen LogP contribution in [0.25, 0.3) is 4.96 Å². The van der Waals surface area contributed by atoms with E-state index in [9.17, 15) is 9.59 Å². The normalized spacial score (nSPS) is 33.1. The molecule has 4 aliphatic rings. The van der Waals surface area contributed by atoms with Crippen molar-refractivity contribution >= 4 is 22.2 Å². The molecule has 25 heavy (non-hydrogen) atoms. The van der Waals surface area contributed by atoms with Crippen LogP contribution in [0.1, 0.15) is 49.4 Å². The minimum atomic E-state index is -0.237. The first-order chi connectivity index (χ1) is 12.2. The van der Waals surface area contributed by atoms with Gasteiger partial charge in [0.2, 0.25) is 0 Å². The van der Waals surface area contributed by atoms with Gasteiger partial charge in [-0.15, -0.1) is 11.3 Å². The maximum atomic E-state index is 13.3. The molecule has 4 aliphatic carbocycles. The summed E-state index contributed by atoms with van der Waals surface area (Å²) in [6.07, 6.45) is 9.65. The fourth-order valence-corrected chi connectivity index (χ4v) is 6.70. The van der Waals surface area contributed by atoms with Gasteiger partial charge in [-0.2, -0.15) is 0 Å². The highest BCUT2D eigenvalue weighted by atomic mass is 32.1. The van der Waals surface area contributed by atoms with Crippen molar-refractivity contribution in [2.75, 3.05) is 6.54 Å². The number of carbonyl (C=O) groups excluding carboxylic acids is 1. The second kappa shape index (κ2) is 5.66. The van der Waals surface area contributed by atoms with Crippen LogP contribution in [0.4, 0.5) is 0 Å². The van der Waals surface area contributed by atoms with Crippen molar-refractivity contribution < 1.29 is 4.79 Å². The number of aromatic nitrogens is 2. The average molecular weight is 357 g/mol. The smallest absolute Gasteiger partial charge is 0.271 e. The first-order valence-electron chi connectivity index (χ1n) is 9.41. The lowest BCUT2D eigenvalue weighted by Crippen LogP contribution is -2.57. The lowest BCUT2D eigenvalue weighted by molar-refractivity contribution is -0.0544. The van der Waals surface area contributed by atoms with Crippen LogP contribution in [0.2, 0.25) is 0 Å². The second-order valence-corrected chi connectivity index (χ2v) is 8.92. The van der Waals surface area contributed by atoms with Crippen LogP contribution in [0.5, 0.6) is 0 Å². The van der Waals surface area contributed by atoms with Crippen LogP contribution in [0.15, 0.2) is 22.6 Å². The van der Waals surface area contributed by atoms with Crippen molar-refractivity contribution in [3.63, 3.8) is 0 Å². The van der Waals surface area contributed by atoms with Crippen molar-refractivity contribution in [3.8, 4) is 0 Å². The fourth-order valence-electron chi connectivity index (χ4n) is 6.02. The van der Waals surface area contributed by atoms with Crippen LogP contribution in [-0.2, 0) is 0 Å². The first kappa shape index (κ1) is 15.6. The highest BCUT2D eigenvalue weighted by Gasteiger charge is 2.50. The molecule has 0 aliphatic heterocycles. The summed E-state index contributed by atoms with van der Waals surface area (Å²) >= 11 is 1.41. The number of nitrogens with zero attached hydrogens (tertiary/aromatic N) is 3. The van der Waals surface area contributed by atoms with E-state index in [1.54, 1.807) is 6.20 Å². The zero-order chi connectivity index (χ0) is 17.1. The molecule has 2 aromatic heterocycles. The van der Waals surface area contributed by atoms with Crippen LogP contribution < -0.4 is 5.56 Å². The standard InChI is InChI=1S/C19H23N3O2S/c1-2-21(16-13-6-11-5-12(8-13)9-14(16)7-11)17(23)15-10-20-19-22(18(15)24)3-4-25-19/h3-4,10-14,16H,2,5-9H2,1H3. The Morgan fingerprint density at radius 3 is 2.56 bits per heavy atom. The molecule has 4 bridgehead atoms. The van der Waals surface area contributed by atoms with Gasteiger partial charge in [-0.1, -0.05) is 0 Å². The van der Waals surface area contributed by atoms with E-state index in [-0.39, 0.29) is 17.0 Å². The SMILES string of the molecule is CCN(C(=O)c1cnc2sccn2c1=O)C1C2CC3CC(C2)CC1C3. The van der Waals surface area contributed by atoms with Gasteiger partial charge in [0.15, 0.2) is 4.96 Å². The Balaban J connectivity index is 1.50. The molecule has 4 saturated carbocycles. The Bertz CT molecular complexity index is 858. The van der Waals surface area contributed by atoms with Gasteiger partial charge in [0.1, 0.15) is 5.56 Å². The molecule has 6 heteroatoms. The second-order valence-electron chi connectivity index (χ2n) is 8.05. The molecule has 0 saturated heterocycles. The Hall–Kier alpha value is -1.69. The lowest BCUT2D eigenvalue weighted by Gasteiger charge is -2.57. The molecule has 1 amide bonds. The molecule has 0 spiro atoms. The average Bonchev–Trinajstić information content (AvgIpc) is 3.07. The van der Waals surface area contributed by atoms with E-state index in [4.69, 9.17) is 0 Å². The third kappa shape index (κ3) is 2.30. The predicted octanol–water partition coefficient (Wildman–Crippen LogP) is 3.04. The lowest BCUT2D eigenvalue weighted by atomic mass is 9.54. The quantitative estimate of drug-likeness (QED) is 0.848. The molecule has 2 heterocycles. The maximum Gasteiger partial charge on any atom is 0.271 e. The van der Waals surface area contributed by atoms with Gasteiger partial charge in [-0.3, -0.25) is 14.0 Å². The molecule has 132 valence electrons. The van der Waals surface area contributed by atoms with Gasteiger partial charge in [-0.05, 0) is 62.7 Å². The van der Waals surface area contributed by atoms with Crippen molar-refractivity contribution in [2.45, 2.75) is 45.1 Å². The summed E-state index contributed by atoms with van der Waals surface area (Å²) in [6.45, 7) is 2.70. The van der Waals surface area contributed by atoms with Crippen molar-refractivity contribution in [1.82, 2.24) is 14.3 Å². The van der Waals surface area contributed by atoms with E-state index in [1.807, 2.05) is 17.2 Å². The van der Waals surface area contributed by atoms with Crippen molar-refractivity contribution in [3.05, 3.63) is 33.7 Å². The summed E-state index contributed by atoms with van der Waals surface area (Å²) in [5.74, 6) is 2.88. The summed E-state index contributed by atoms with van der Waals surface area (Å²) in [6, 6.07) is 0.313. The minimum absolute atomic E-state index is 0.127. The summed E-state index contributed by atoms with van der Waals surface area (Å²) in [7, 11) is 0. The summed E-state index contributed by atoms with van der Waals surface area (Å²) in [5.41, 5.74) is -0.0231. The third-order valence-electron chi connectivity index (χ3n) is 6.71. The summed E-state index contributed by atoms with van der Waals surface area (Å²) < 4.78 is 1.49. The van der Waals surface area contributed by atoms with Crippen LogP contribution in [-0.4, -0.2) is 32.8 Å². The highest BCUT2D eigenvalue weighted by molar-refractivity contribution is 7.15. The molecule has 0 radical (unpaired) electrons. The van der Waals surface area contributed by atoms with E-state index < -0.39 is 0 Å². The van der Waals surface area contributed by atoms with Gasteiger partial charge >= 0.3 is 0 Å². The predicted molar refractivity (Wildman–Crippen MR) is 96.9 cm³/mol. The molecule has 4 fully saturated rings.